The summed E-state index contributed by atoms with van der Waals surface area (Å²) in [6.07, 6.45) is 0.675. The highest BCUT2D eigenvalue weighted by molar-refractivity contribution is 7.98. The van der Waals surface area contributed by atoms with E-state index in [1.54, 1.807) is 20.1 Å². The van der Waals surface area contributed by atoms with Gasteiger partial charge in [0.15, 0.2) is 0 Å². The van der Waals surface area contributed by atoms with Gasteiger partial charge >= 0.3 is 5.97 Å². The fourth-order valence-electron chi connectivity index (χ4n) is 2.43. The van der Waals surface area contributed by atoms with Crippen LogP contribution < -0.4 is 33.2 Å². The largest absolute Gasteiger partial charge is 0.480 e. The molecule has 0 heterocycles. The molecule has 32 heavy (non-hydrogen) atoms. The van der Waals surface area contributed by atoms with Crippen molar-refractivity contribution in [2.75, 3.05) is 12.0 Å². The predicted molar refractivity (Wildman–Crippen MR) is 117 cm³/mol. The Balaban J connectivity index is 5.51. The van der Waals surface area contributed by atoms with Gasteiger partial charge in [-0.2, -0.15) is 11.8 Å². The molecule has 0 aliphatic carbocycles. The van der Waals surface area contributed by atoms with Gasteiger partial charge in [0.25, 0.3) is 0 Å². The van der Waals surface area contributed by atoms with Crippen molar-refractivity contribution >= 4 is 47.3 Å². The maximum Gasteiger partial charge on any atom is 0.326 e. The van der Waals surface area contributed by atoms with Crippen LogP contribution in [0, 0.1) is 5.92 Å². The summed E-state index contributed by atoms with van der Waals surface area (Å²) in [5.41, 5.74) is 15.9. The third kappa shape index (κ3) is 10.9. The summed E-state index contributed by atoms with van der Waals surface area (Å²) in [5, 5.41) is 16.1. The van der Waals surface area contributed by atoms with Crippen molar-refractivity contribution in [2.24, 2.45) is 23.1 Å². The van der Waals surface area contributed by atoms with Crippen molar-refractivity contribution in [2.45, 2.75) is 57.3 Å². The number of amides is 5. The van der Waals surface area contributed by atoms with Crippen LogP contribution in [-0.4, -0.2) is 76.8 Å². The van der Waals surface area contributed by atoms with E-state index in [0.717, 1.165) is 0 Å². The van der Waals surface area contributed by atoms with Crippen LogP contribution >= 0.6 is 11.8 Å². The van der Waals surface area contributed by atoms with Gasteiger partial charge in [-0.05, 0) is 24.3 Å². The monoisotopic (exact) mass is 476 g/mol. The van der Waals surface area contributed by atoms with Crippen molar-refractivity contribution < 1.29 is 33.9 Å². The van der Waals surface area contributed by atoms with Gasteiger partial charge in [-0.3, -0.25) is 24.0 Å². The van der Waals surface area contributed by atoms with Crippen LogP contribution in [0.5, 0.6) is 0 Å². The number of primary amides is 2. The van der Waals surface area contributed by atoms with E-state index in [-0.39, 0.29) is 12.3 Å². The first-order valence-corrected chi connectivity index (χ1v) is 11.1. The summed E-state index contributed by atoms with van der Waals surface area (Å²) in [6, 6.07) is -5.14. The van der Waals surface area contributed by atoms with E-state index in [1.807, 2.05) is 0 Å². The van der Waals surface area contributed by atoms with Gasteiger partial charge < -0.3 is 38.3 Å². The molecule has 0 aromatic heterocycles. The number of nitrogens with two attached hydrogens (primary N) is 3. The van der Waals surface area contributed by atoms with Crippen molar-refractivity contribution in [3.8, 4) is 0 Å². The first-order valence-electron chi connectivity index (χ1n) is 9.75. The number of aliphatic carboxylic acids is 1. The minimum atomic E-state index is -1.58. The lowest BCUT2D eigenvalue weighted by Crippen LogP contribution is -2.58. The van der Waals surface area contributed by atoms with Crippen molar-refractivity contribution in [1.29, 1.82) is 0 Å². The van der Waals surface area contributed by atoms with E-state index in [4.69, 9.17) is 22.3 Å². The first-order chi connectivity index (χ1) is 14.8. The third-order valence-corrected chi connectivity index (χ3v) is 4.97. The highest BCUT2D eigenvalue weighted by Crippen LogP contribution is 2.05. The fraction of sp³-hybridized carbons (Fsp3) is 0.667. The maximum absolute atomic E-state index is 12.7. The Hall–Kier alpha value is -2.87. The summed E-state index contributed by atoms with van der Waals surface area (Å²) in [5.74, 6) is -5.55. The van der Waals surface area contributed by atoms with Crippen LogP contribution in [0.1, 0.15) is 33.1 Å². The Morgan fingerprint density at radius 1 is 0.812 bits per heavy atom. The molecule has 4 atom stereocenters. The van der Waals surface area contributed by atoms with Crippen LogP contribution in [0.3, 0.4) is 0 Å². The average Bonchev–Trinajstić information content (AvgIpc) is 2.68. The molecule has 0 aliphatic rings. The van der Waals surface area contributed by atoms with E-state index in [2.05, 4.69) is 16.0 Å². The highest BCUT2D eigenvalue weighted by Gasteiger charge is 2.31. The number of carboxylic acids is 1. The molecule has 14 heteroatoms. The highest BCUT2D eigenvalue weighted by atomic mass is 32.2. The number of carbonyl (C=O) groups is 6. The van der Waals surface area contributed by atoms with Gasteiger partial charge in [0, 0.05) is 0 Å². The maximum atomic E-state index is 12.7. The van der Waals surface area contributed by atoms with Gasteiger partial charge in [0.2, 0.25) is 29.5 Å². The smallest absolute Gasteiger partial charge is 0.326 e. The van der Waals surface area contributed by atoms with Crippen LogP contribution in [0.2, 0.25) is 0 Å². The van der Waals surface area contributed by atoms with Crippen LogP contribution in [0.4, 0.5) is 0 Å². The Morgan fingerprint density at radius 2 is 1.25 bits per heavy atom. The molecule has 0 rings (SSSR count). The summed E-state index contributed by atoms with van der Waals surface area (Å²) in [7, 11) is 0. The molecule has 0 spiro atoms. The van der Waals surface area contributed by atoms with Gasteiger partial charge in [0.05, 0.1) is 18.9 Å². The van der Waals surface area contributed by atoms with E-state index in [9.17, 15) is 28.8 Å². The number of hydrogen-bond donors (Lipinski definition) is 7. The second kappa shape index (κ2) is 14.2. The summed E-state index contributed by atoms with van der Waals surface area (Å²) in [4.78, 5) is 71.3. The standard InChI is InChI=1S/C18H32N6O7S/c1-8(2)14(21)17(29)23-10(6-12(19)25)16(28)22-9(4-5-32-3)15(27)24-11(18(30)31)7-13(20)26/h8-11,14H,4-7,21H2,1-3H3,(H2,19,25)(H2,20,26)(H,22,28)(H,23,29)(H,24,27)(H,30,31). The minimum Gasteiger partial charge on any atom is -0.480 e. The average molecular weight is 477 g/mol. The Bertz CT molecular complexity index is 718. The second-order valence-corrected chi connectivity index (χ2v) is 8.40. The molecule has 10 N–H and O–H groups in total. The lowest BCUT2D eigenvalue weighted by atomic mass is 10.0. The zero-order valence-electron chi connectivity index (χ0n) is 18.3. The van der Waals surface area contributed by atoms with E-state index >= 15 is 0 Å². The van der Waals surface area contributed by atoms with Crippen molar-refractivity contribution in [1.82, 2.24) is 16.0 Å². The van der Waals surface area contributed by atoms with Gasteiger partial charge in [0.1, 0.15) is 18.1 Å². The molecule has 0 saturated carbocycles. The van der Waals surface area contributed by atoms with Crippen molar-refractivity contribution in [3.63, 3.8) is 0 Å². The molecule has 0 aliphatic heterocycles. The summed E-state index contributed by atoms with van der Waals surface area (Å²) < 4.78 is 0. The second-order valence-electron chi connectivity index (χ2n) is 7.41. The van der Waals surface area contributed by atoms with Crippen LogP contribution in [0.25, 0.3) is 0 Å². The van der Waals surface area contributed by atoms with Crippen molar-refractivity contribution in [3.05, 3.63) is 0 Å². The Labute approximate surface area is 189 Å². The van der Waals surface area contributed by atoms with Gasteiger partial charge in [-0.1, -0.05) is 13.8 Å². The number of carboxylic acid groups (broad SMARTS) is 1. The number of rotatable bonds is 15. The summed E-state index contributed by atoms with van der Waals surface area (Å²) in [6.45, 7) is 3.39. The van der Waals surface area contributed by atoms with Gasteiger partial charge in [-0.15, -0.1) is 0 Å². The molecule has 0 fully saturated rings. The zero-order valence-corrected chi connectivity index (χ0v) is 19.1. The number of nitrogens with one attached hydrogen (secondary N) is 3. The summed E-state index contributed by atoms with van der Waals surface area (Å²) >= 11 is 1.36. The Kier molecular flexibility index (Phi) is 13.0. The quantitative estimate of drug-likeness (QED) is 0.127. The molecule has 5 amide bonds. The topological polar surface area (TPSA) is 237 Å². The molecule has 0 radical (unpaired) electrons. The van der Waals surface area contributed by atoms with E-state index in [0.29, 0.717) is 5.75 Å². The SMILES string of the molecule is CSCCC(NC(=O)C(CC(N)=O)NC(=O)C(N)C(C)C)C(=O)NC(CC(N)=O)C(=O)O. The Morgan fingerprint density at radius 3 is 1.69 bits per heavy atom. The first kappa shape index (κ1) is 29.1. The van der Waals surface area contributed by atoms with E-state index < -0.39 is 72.5 Å². The van der Waals surface area contributed by atoms with Crippen LogP contribution in [0.15, 0.2) is 0 Å². The molecule has 182 valence electrons. The third-order valence-electron chi connectivity index (χ3n) is 4.32. The molecule has 0 aromatic carbocycles. The van der Waals surface area contributed by atoms with Gasteiger partial charge in [-0.25, -0.2) is 4.79 Å². The molecule has 0 saturated heterocycles. The lowest BCUT2D eigenvalue weighted by molar-refractivity contribution is -0.143. The van der Waals surface area contributed by atoms with Crippen LogP contribution in [-0.2, 0) is 28.8 Å². The molecule has 13 nitrogen and oxygen atoms in total. The number of thioether (sulfide) groups is 1. The molecule has 4 unspecified atom stereocenters. The molecule has 0 aromatic rings. The number of hydrogen-bond acceptors (Lipinski definition) is 8. The molecule has 0 bridgehead atoms. The number of carbonyl (C=O) groups excluding carboxylic acids is 5. The normalized spacial score (nSPS) is 14.5. The fourth-order valence-corrected chi connectivity index (χ4v) is 2.90. The predicted octanol–water partition coefficient (Wildman–Crippen LogP) is -2.99. The molecular formula is C18H32N6O7S. The van der Waals surface area contributed by atoms with E-state index in [1.165, 1.54) is 11.8 Å². The minimum absolute atomic E-state index is 0.102. The molecular weight excluding hydrogens is 444 g/mol. The zero-order chi connectivity index (χ0) is 25.0. The lowest BCUT2D eigenvalue weighted by Gasteiger charge is -2.25.